The smallest absolute Gasteiger partial charge is 0.349 e. The number of alkyl halides is 2. The Bertz CT molecular complexity index is 1300. The summed E-state index contributed by atoms with van der Waals surface area (Å²) in [6, 6.07) is 20.9. The molecule has 4 aliphatic rings. The van der Waals surface area contributed by atoms with Gasteiger partial charge in [-0.1, -0.05) is 46.7 Å². The maximum Gasteiger partial charge on any atom is 0.349 e. The van der Waals surface area contributed by atoms with Crippen molar-refractivity contribution in [3.05, 3.63) is 72.4 Å². The Morgan fingerprint density at radius 2 is 1.46 bits per heavy atom. The SMILES string of the molecule is ClCc1nc(C2[C@H]3CN(c4ccccc4)C[C@@H]23)no1.N/C(=N\OC(=O)CCl)C1[C@H]2CN(c3ccccc3)C[C@@H]12. The van der Waals surface area contributed by atoms with Crippen LogP contribution in [0.2, 0.25) is 0 Å². The van der Waals surface area contributed by atoms with Gasteiger partial charge in [-0.25, -0.2) is 4.79 Å². The summed E-state index contributed by atoms with van der Waals surface area (Å²) in [5, 5.41) is 7.72. The molecule has 3 aromatic rings. The molecule has 2 unspecified atom stereocenters. The van der Waals surface area contributed by atoms with E-state index in [9.17, 15) is 4.79 Å². The number of piperidine rings is 2. The van der Waals surface area contributed by atoms with Crippen LogP contribution >= 0.6 is 23.2 Å². The lowest BCUT2D eigenvalue weighted by Gasteiger charge is -2.21. The molecule has 2 aromatic carbocycles. The van der Waals surface area contributed by atoms with Gasteiger partial charge in [0.2, 0.25) is 5.89 Å². The molecule has 4 fully saturated rings. The minimum atomic E-state index is -0.577. The number of hydrogen-bond donors (Lipinski definition) is 1. The third-order valence-corrected chi connectivity index (χ3v) is 8.68. The third kappa shape index (κ3) is 5.43. The zero-order valence-corrected chi connectivity index (χ0v) is 22.8. The fourth-order valence-electron chi connectivity index (χ4n) is 6.22. The van der Waals surface area contributed by atoms with E-state index in [-0.39, 0.29) is 11.8 Å². The molecule has 2 saturated carbocycles. The van der Waals surface area contributed by atoms with Gasteiger partial charge in [-0.05, 0) is 47.9 Å². The zero-order valence-electron chi connectivity index (χ0n) is 21.3. The molecule has 9 nitrogen and oxygen atoms in total. The molecule has 204 valence electrons. The van der Waals surface area contributed by atoms with Crippen molar-refractivity contribution in [3.8, 4) is 0 Å². The first-order valence-corrected chi connectivity index (χ1v) is 14.2. The molecule has 2 saturated heterocycles. The summed E-state index contributed by atoms with van der Waals surface area (Å²) < 4.78 is 5.09. The highest BCUT2D eigenvalue weighted by atomic mass is 35.5. The van der Waals surface area contributed by atoms with Crippen LogP contribution in [0, 0.1) is 29.6 Å². The summed E-state index contributed by atoms with van der Waals surface area (Å²) in [6.07, 6.45) is 0. The first-order valence-electron chi connectivity index (χ1n) is 13.1. The van der Waals surface area contributed by atoms with Gasteiger partial charge in [0.1, 0.15) is 17.6 Å². The minimum absolute atomic E-state index is 0.212. The number of anilines is 2. The Balaban J connectivity index is 0.000000142. The molecule has 6 atom stereocenters. The molecule has 0 spiro atoms. The van der Waals surface area contributed by atoms with Crippen molar-refractivity contribution in [2.75, 3.05) is 41.9 Å². The number of rotatable bonds is 7. The molecular formula is C28H30Cl2N6O3. The number of nitrogens with two attached hydrogens (primary N) is 1. The summed E-state index contributed by atoms with van der Waals surface area (Å²) in [6.45, 7) is 4.12. The van der Waals surface area contributed by atoms with Gasteiger partial charge in [0.25, 0.3) is 0 Å². The number of oxime groups is 1. The molecule has 7 rings (SSSR count). The highest BCUT2D eigenvalue weighted by molar-refractivity contribution is 6.26. The zero-order chi connectivity index (χ0) is 26.9. The second kappa shape index (κ2) is 11.1. The van der Waals surface area contributed by atoms with Crippen molar-refractivity contribution in [1.29, 1.82) is 0 Å². The highest BCUT2D eigenvalue weighted by Gasteiger charge is 2.59. The number of carbonyl (C=O) groups excluding carboxylic acids is 1. The monoisotopic (exact) mass is 568 g/mol. The number of nitrogens with zero attached hydrogens (tertiary/aromatic N) is 5. The first kappa shape index (κ1) is 26.0. The summed E-state index contributed by atoms with van der Waals surface area (Å²) in [5.41, 5.74) is 8.41. The highest BCUT2D eigenvalue weighted by Crippen LogP contribution is 2.58. The van der Waals surface area contributed by atoms with E-state index in [2.05, 4.69) is 72.4 Å². The maximum atomic E-state index is 10.9. The normalized spacial score (nSPS) is 28.3. The van der Waals surface area contributed by atoms with E-state index < -0.39 is 5.97 Å². The number of para-hydroxylation sites is 2. The largest absolute Gasteiger partial charge is 0.384 e. The fourth-order valence-corrected chi connectivity index (χ4v) is 6.38. The van der Waals surface area contributed by atoms with Crippen molar-refractivity contribution in [3.63, 3.8) is 0 Å². The van der Waals surface area contributed by atoms with Crippen molar-refractivity contribution >= 4 is 46.4 Å². The molecule has 2 N–H and O–H groups in total. The topological polar surface area (TPSA) is 110 Å². The predicted octanol–water partition coefficient (Wildman–Crippen LogP) is 4.08. The van der Waals surface area contributed by atoms with E-state index in [1.54, 1.807) is 0 Å². The van der Waals surface area contributed by atoms with Crippen molar-refractivity contribution in [1.82, 2.24) is 10.1 Å². The number of carbonyl (C=O) groups is 1. The van der Waals surface area contributed by atoms with E-state index >= 15 is 0 Å². The van der Waals surface area contributed by atoms with E-state index in [1.807, 2.05) is 18.2 Å². The number of amidine groups is 1. The number of halogens is 2. The molecule has 3 heterocycles. The molecular weight excluding hydrogens is 539 g/mol. The van der Waals surface area contributed by atoms with Gasteiger partial charge in [0, 0.05) is 49.4 Å². The predicted molar refractivity (Wildman–Crippen MR) is 150 cm³/mol. The van der Waals surface area contributed by atoms with Crippen molar-refractivity contribution in [2.45, 2.75) is 11.8 Å². The number of fused-ring (bicyclic) bond motifs is 2. The molecule has 0 radical (unpaired) electrons. The van der Waals surface area contributed by atoms with Gasteiger partial charge in [-0.15, -0.1) is 23.2 Å². The van der Waals surface area contributed by atoms with Gasteiger partial charge >= 0.3 is 5.97 Å². The van der Waals surface area contributed by atoms with Gasteiger partial charge in [-0.3, -0.25) is 0 Å². The third-order valence-electron chi connectivity index (χ3n) is 8.23. The summed E-state index contributed by atoms with van der Waals surface area (Å²) >= 11 is 11.0. The minimum Gasteiger partial charge on any atom is -0.384 e. The molecule has 39 heavy (non-hydrogen) atoms. The Hall–Kier alpha value is -3.30. The van der Waals surface area contributed by atoms with E-state index in [0.717, 1.165) is 32.0 Å². The van der Waals surface area contributed by atoms with E-state index in [4.69, 9.17) is 33.5 Å². The molecule has 1 aromatic heterocycles. The Kier molecular flexibility index (Phi) is 7.36. The van der Waals surface area contributed by atoms with Gasteiger partial charge in [0.15, 0.2) is 5.82 Å². The Morgan fingerprint density at radius 1 is 0.923 bits per heavy atom. The van der Waals surface area contributed by atoms with E-state index in [0.29, 0.717) is 47.2 Å². The van der Waals surface area contributed by atoms with Crippen LogP contribution in [0.15, 0.2) is 70.3 Å². The molecule has 2 aliphatic carbocycles. The lowest BCUT2D eigenvalue weighted by molar-refractivity contribution is -0.140. The Morgan fingerprint density at radius 3 is 1.95 bits per heavy atom. The van der Waals surface area contributed by atoms with Gasteiger partial charge in [-0.2, -0.15) is 4.98 Å². The summed E-state index contributed by atoms with van der Waals surface area (Å²) in [5.74, 6) is 4.35. The fraction of sp³-hybridized carbons (Fsp3) is 0.429. The standard InChI is InChI=1S/C14H16ClN3O2.C14H14ClN3O/c15-6-12(19)20-17-14(16)13-10-7-18(8-11(10)13)9-4-2-1-3-5-9;15-6-12-16-14(17-19-12)13-10-7-18(8-11(10)13)9-4-2-1-3-5-9/h1-5,10-11,13H,6-8H2,(H2,16,17);1-5,10-11,13H,6-8H2/t2*10-,11+,13?. The van der Waals surface area contributed by atoms with Gasteiger partial charge < -0.3 is 24.9 Å². The van der Waals surface area contributed by atoms with Crippen LogP contribution in [-0.4, -0.2) is 54.0 Å². The average molecular weight is 569 g/mol. The summed E-state index contributed by atoms with van der Waals surface area (Å²) in [4.78, 5) is 24.7. The van der Waals surface area contributed by atoms with Crippen LogP contribution < -0.4 is 15.5 Å². The van der Waals surface area contributed by atoms with Crippen LogP contribution in [0.4, 0.5) is 11.4 Å². The summed E-state index contributed by atoms with van der Waals surface area (Å²) in [7, 11) is 0. The van der Waals surface area contributed by atoms with Crippen LogP contribution in [0.3, 0.4) is 0 Å². The lowest BCUT2D eigenvalue weighted by Crippen LogP contribution is -2.28. The number of aromatic nitrogens is 2. The van der Waals surface area contributed by atoms with Crippen LogP contribution in [0.5, 0.6) is 0 Å². The van der Waals surface area contributed by atoms with Crippen LogP contribution in [0.25, 0.3) is 0 Å². The maximum absolute atomic E-state index is 10.9. The van der Waals surface area contributed by atoms with Crippen molar-refractivity contribution < 1.29 is 14.2 Å². The average Bonchev–Trinajstić information content (AvgIpc) is 3.52. The first-order chi connectivity index (χ1) is 19.1. The molecule has 11 heteroatoms. The number of benzene rings is 2. The second-order valence-corrected chi connectivity index (χ2v) is 11.0. The Labute approximate surface area is 236 Å². The van der Waals surface area contributed by atoms with Gasteiger partial charge in [0.05, 0.1) is 0 Å². The van der Waals surface area contributed by atoms with Crippen LogP contribution in [0.1, 0.15) is 17.6 Å². The molecule has 0 amide bonds. The second-order valence-electron chi connectivity index (χ2n) is 10.5. The molecule has 2 aliphatic heterocycles. The lowest BCUT2D eigenvalue weighted by atomic mass is 10.2. The van der Waals surface area contributed by atoms with Crippen molar-refractivity contribution in [2.24, 2.45) is 40.5 Å². The van der Waals surface area contributed by atoms with E-state index in [1.165, 1.54) is 11.4 Å². The quantitative estimate of drug-likeness (QED) is 0.149. The van der Waals surface area contributed by atoms with Crippen LogP contribution in [-0.2, 0) is 15.5 Å². The molecule has 0 bridgehead atoms. The number of hydrogen-bond acceptors (Lipinski definition) is 8.